The number of nitrogens with zero attached hydrogens (tertiary/aromatic N) is 1. The van der Waals surface area contributed by atoms with Gasteiger partial charge in [-0.15, -0.1) is 0 Å². The van der Waals surface area contributed by atoms with Gasteiger partial charge in [-0.3, -0.25) is 0 Å². The lowest BCUT2D eigenvalue weighted by Crippen LogP contribution is -2.25. The fourth-order valence-electron chi connectivity index (χ4n) is 1.47. The Morgan fingerprint density at radius 1 is 1.50 bits per heavy atom. The summed E-state index contributed by atoms with van der Waals surface area (Å²) in [6.45, 7) is 5.32. The van der Waals surface area contributed by atoms with Gasteiger partial charge in [0.15, 0.2) is 0 Å². The van der Waals surface area contributed by atoms with Crippen LogP contribution in [0.1, 0.15) is 45.4 Å². The second-order valence-corrected chi connectivity index (χ2v) is 3.81. The first-order valence-electron chi connectivity index (χ1n) is 5.54. The van der Waals surface area contributed by atoms with Gasteiger partial charge in [0, 0.05) is 18.4 Å². The van der Waals surface area contributed by atoms with Crippen molar-refractivity contribution in [2.75, 3.05) is 0 Å². The predicted molar refractivity (Wildman–Crippen MR) is 59.0 cm³/mol. The minimum Gasteiger partial charge on any atom is -0.348 e. The molecule has 0 aliphatic carbocycles. The van der Waals surface area contributed by atoms with Gasteiger partial charge in [0.05, 0.1) is 6.54 Å². The van der Waals surface area contributed by atoms with Gasteiger partial charge < -0.3 is 10.3 Å². The first-order chi connectivity index (χ1) is 6.83. The summed E-state index contributed by atoms with van der Waals surface area (Å²) in [5.41, 5.74) is 0. The van der Waals surface area contributed by atoms with Crippen LogP contribution in [0, 0.1) is 0 Å². The molecule has 80 valence electrons. The number of nitrogens with one attached hydrogen (secondary N) is 2. The maximum absolute atomic E-state index is 4.17. The molecule has 1 aromatic rings. The molecule has 0 amide bonds. The average molecular weight is 195 g/mol. The van der Waals surface area contributed by atoms with Crippen LogP contribution in [0.2, 0.25) is 0 Å². The highest BCUT2D eigenvalue weighted by atomic mass is 15.0. The third-order valence-corrected chi connectivity index (χ3v) is 2.41. The third-order valence-electron chi connectivity index (χ3n) is 2.41. The molecule has 1 heterocycles. The van der Waals surface area contributed by atoms with Crippen molar-refractivity contribution in [1.29, 1.82) is 0 Å². The largest absolute Gasteiger partial charge is 0.348 e. The van der Waals surface area contributed by atoms with E-state index in [1.54, 1.807) is 6.20 Å². The van der Waals surface area contributed by atoms with E-state index in [-0.39, 0.29) is 0 Å². The maximum atomic E-state index is 4.17. The van der Waals surface area contributed by atoms with Crippen LogP contribution >= 0.6 is 0 Å². The van der Waals surface area contributed by atoms with Crippen molar-refractivity contribution in [2.45, 2.75) is 52.1 Å². The van der Waals surface area contributed by atoms with Crippen molar-refractivity contribution in [3.63, 3.8) is 0 Å². The molecule has 3 nitrogen and oxygen atoms in total. The Hall–Kier alpha value is -0.830. The highest BCUT2D eigenvalue weighted by Gasteiger charge is 2.01. The Morgan fingerprint density at radius 2 is 2.36 bits per heavy atom. The maximum Gasteiger partial charge on any atom is 0.120 e. The second kappa shape index (κ2) is 6.60. The highest BCUT2D eigenvalue weighted by molar-refractivity contribution is 4.86. The number of unbranched alkanes of at least 4 members (excludes halogenated alkanes) is 2. The van der Waals surface area contributed by atoms with E-state index < -0.39 is 0 Å². The molecule has 0 fully saturated rings. The van der Waals surface area contributed by atoms with Gasteiger partial charge in [-0.1, -0.05) is 26.2 Å². The molecule has 1 unspecified atom stereocenters. The lowest BCUT2D eigenvalue weighted by molar-refractivity contribution is 0.481. The van der Waals surface area contributed by atoms with Crippen LogP contribution in [0.3, 0.4) is 0 Å². The Labute approximate surface area is 86.3 Å². The first-order valence-corrected chi connectivity index (χ1v) is 5.54. The van der Waals surface area contributed by atoms with E-state index in [0.717, 1.165) is 12.4 Å². The topological polar surface area (TPSA) is 40.7 Å². The average Bonchev–Trinajstić information content (AvgIpc) is 2.68. The van der Waals surface area contributed by atoms with Crippen molar-refractivity contribution in [3.05, 3.63) is 18.2 Å². The minimum atomic E-state index is 0.589. The number of rotatable bonds is 7. The molecule has 1 rings (SSSR count). The molecule has 0 saturated carbocycles. The Bertz CT molecular complexity index is 218. The third kappa shape index (κ3) is 4.42. The van der Waals surface area contributed by atoms with Crippen LogP contribution in [-0.2, 0) is 6.54 Å². The van der Waals surface area contributed by atoms with Gasteiger partial charge in [-0.05, 0) is 13.3 Å². The van der Waals surface area contributed by atoms with E-state index in [4.69, 9.17) is 0 Å². The molecule has 0 bridgehead atoms. The second-order valence-electron chi connectivity index (χ2n) is 3.81. The van der Waals surface area contributed by atoms with Gasteiger partial charge in [0.2, 0.25) is 0 Å². The van der Waals surface area contributed by atoms with Crippen LogP contribution in [0.15, 0.2) is 12.4 Å². The zero-order chi connectivity index (χ0) is 10.2. The van der Waals surface area contributed by atoms with Gasteiger partial charge in [-0.2, -0.15) is 0 Å². The van der Waals surface area contributed by atoms with E-state index in [9.17, 15) is 0 Å². The zero-order valence-electron chi connectivity index (χ0n) is 9.21. The molecule has 2 N–H and O–H groups in total. The van der Waals surface area contributed by atoms with Crippen molar-refractivity contribution in [1.82, 2.24) is 15.3 Å². The molecule has 14 heavy (non-hydrogen) atoms. The lowest BCUT2D eigenvalue weighted by Gasteiger charge is -2.11. The Morgan fingerprint density at radius 3 is 3.00 bits per heavy atom. The van der Waals surface area contributed by atoms with Crippen molar-refractivity contribution < 1.29 is 0 Å². The van der Waals surface area contributed by atoms with E-state index >= 15 is 0 Å². The molecule has 1 atom stereocenters. The Kier molecular flexibility index (Phi) is 5.30. The standard InChI is InChI=1S/C11H21N3/c1-3-4-5-6-10(2)14-9-11-12-7-8-13-11/h7-8,10,14H,3-6,9H2,1-2H3,(H,12,13). The summed E-state index contributed by atoms with van der Waals surface area (Å²) < 4.78 is 0. The smallest absolute Gasteiger partial charge is 0.120 e. The fraction of sp³-hybridized carbons (Fsp3) is 0.727. The molecule has 3 heteroatoms. The van der Waals surface area contributed by atoms with E-state index in [1.807, 2.05) is 6.20 Å². The number of hydrogen-bond acceptors (Lipinski definition) is 2. The molecule has 0 saturated heterocycles. The van der Waals surface area contributed by atoms with Gasteiger partial charge in [0.25, 0.3) is 0 Å². The summed E-state index contributed by atoms with van der Waals surface area (Å²) >= 11 is 0. The molecular weight excluding hydrogens is 174 g/mol. The van der Waals surface area contributed by atoms with Gasteiger partial charge in [0.1, 0.15) is 5.82 Å². The van der Waals surface area contributed by atoms with Crippen molar-refractivity contribution in [2.24, 2.45) is 0 Å². The normalized spacial score (nSPS) is 13.0. The molecule has 0 aliphatic heterocycles. The predicted octanol–water partition coefficient (Wildman–Crippen LogP) is 2.47. The molecule has 0 aliphatic rings. The van der Waals surface area contributed by atoms with E-state index in [2.05, 4.69) is 29.1 Å². The summed E-state index contributed by atoms with van der Waals surface area (Å²) in [7, 11) is 0. The van der Waals surface area contributed by atoms with Crippen LogP contribution in [-0.4, -0.2) is 16.0 Å². The quantitative estimate of drug-likeness (QED) is 0.656. The van der Waals surface area contributed by atoms with Crippen LogP contribution in [0.5, 0.6) is 0 Å². The van der Waals surface area contributed by atoms with E-state index in [1.165, 1.54) is 25.7 Å². The molecule has 0 aromatic carbocycles. The van der Waals surface area contributed by atoms with Crippen molar-refractivity contribution >= 4 is 0 Å². The summed E-state index contributed by atoms with van der Waals surface area (Å²) in [4.78, 5) is 7.25. The zero-order valence-corrected chi connectivity index (χ0v) is 9.21. The summed E-state index contributed by atoms with van der Waals surface area (Å²) in [6.07, 6.45) is 8.87. The number of aromatic nitrogens is 2. The highest BCUT2D eigenvalue weighted by Crippen LogP contribution is 2.03. The Balaban J connectivity index is 2.06. The van der Waals surface area contributed by atoms with E-state index in [0.29, 0.717) is 6.04 Å². The number of H-pyrrole nitrogens is 1. The van der Waals surface area contributed by atoms with Crippen LogP contribution in [0.4, 0.5) is 0 Å². The molecular formula is C11H21N3. The van der Waals surface area contributed by atoms with Gasteiger partial charge >= 0.3 is 0 Å². The van der Waals surface area contributed by atoms with Gasteiger partial charge in [-0.25, -0.2) is 4.98 Å². The first kappa shape index (κ1) is 11.2. The fourth-order valence-corrected chi connectivity index (χ4v) is 1.47. The van der Waals surface area contributed by atoms with Crippen LogP contribution < -0.4 is 5.32 Å². The van der Waals surface area contributed by atoms with Crippen LogP contribution in [0.25, 0.3) is 0 Å². The lowest BCUT2D eigenvalue weighted by atomic mass is 10.1. The van der Waals surface area contributed by atoms with Crippen molar-refractivity contribution in [3.8, 4) is 0 Å². The summed E-state index contributed by atoms with van der Waals surface area (Å²) in [6, 6.07) is 0.589. The minimum absolute atomic E-state index is 0.589. The molecule has 1 aromatic heterocycles. The summed E-state index contributed by atoms with van der Waals surface area (Å²) in [5.74, 6) is 1.02. The molecule has 0 spiro atoms. The monoisotopic (exact) mass is 195 g/mol. The number of hydrogen-bond donors (Lipinski definition) is 2. The summed E-state index contributed by atoms with van der Waals surface area (Å²) in [5, 5.41) is 3.45. The molecule has 0 radical (unpaired) electrons. The number of aromatic amines is 1. The SMILES string of the molecule is CCCCCC(C)NCc1ncc[nH]1. The number of imidazole rings is 1.